The summed E-state index contributed by atoms with van der Waals surface area (Å²) in [7, 11) is -2.60. The Morgan fingerprint density at radius 1 is 0.919 bits per heavy atom. The lowest BCUT2D eigenvalue weighted by Crippen LogP contribution is -2.51. The smallest absolute Gasteiger partial charge is 0.264 e. The fraction of sp³-hybridized carbons (Fsp3) is 0.286. The minimum absolute atomic E-state index is 0.0304. The molecule has 8 nitrogen and oxygen atoms in total. The van der Waals surface area contributed by atoms with Gasteiger partial charge in [-0.05, 0) is 62.2 Å². The van der Waals surface area contributed by atoms with E-state index in [-0.39, 0.29) is 17.3 Å². The summed E-state index contributed by atoms with van der Waals surface area (Å²) in [5.41, 5.74) is 1.35. The minimum atomic E-state index is -4.10. The summed E-state index contributed by atoms with van der Waals surface area (Å²) in [6.07, 6.45) is 0.519. The van der Waals surface area contributed by atoms with Gasteiger partial charge in [0.25, 0.3) is 10.0 Å². The van der Waals surface area contributed by atoms with Gasteiger partial charge >= 0.3 is 0 Å². The van der Waals surface area contributed by atoms with E-state index in [4.69, 9.17) is 4.74 Å². The predicted molar refractivity (Wildman–Crippen MR) is 144 cm³/mol. The Balaban J connectivity index is 1.93. The van der Waals surface area contributed by atoms with Gasteiger partial charge in [-0.1, -0.05) is 48.5 Å². The van der Waals surface area contributed by atoms with Crippen LogP contribution < -0.4 is 14.4 Å². The third kappa shape index (κ3) is 7.10. The average molecular weight is 524 g/mol. The second-order valence-electron chi connectivity index (χ2n) is 8.36. The van der Waals surface area contributed by atoms with E-state index in [1.54, 1.807) is 49.4 Å². The first-order valence-corrected chi connectivity index (χ1v) is 13.6. The highest BCUT2D eigenvalue weighted by molar-refractivity contribution is 7.92. The van der Waals surface area contributed by atoms with Gasteiger partial charge in [0, 0.05) is 13.6 Å². The van der Waals surface area contributed by atoms with Crippen LogP contribution in [0.25, 0.3) is 0 Å². The number of nitrogens with one attached hydrogen (secondary N) is 1. The first kappa shape index (κ1) is 27.7. The van der Waals surface area contributed by atoms with E-state index in [0.717, 1.165) is 9.87 Å². The first-order valence-electron chi connectivity index (χ1n) is 12.1. The number of carbonyl (C=O) groups is 2. The molecule has 0 aliphatic carbocycles. The minimum Gasteiger partial charge on any atom is -0.494 e. The SMILES string of the molecule is CCOc1ccc(S(=O)(=O)N(CC(=O)N(CCc2ccccc2)[C@H](C)C(=O)NC)c2ccccc2)cc1. The zero-order valence-electron chi connectivity index (χ0n) is 21.3. The van der Waals surface area contributed by atoms with Crippen molar-refractivity contribution in [2.75, 3.05) is 31.0 Å². The third-order valence-electron chi connectivity index (χ3n) is 5.94. The summed E-state index contributed by atoms with van der Waals surface area (Å²) >= 11 is 0. The Morgan fingerprint density at radius 2 is 1.51 bits per heavy atom. The van der Waals surface area contributed by atoms with Gasteiger partial charge in [-0.15, -0.1) is 0 Å². The van der Waals surface area contributed by atoms with Crippen LogP contribution in [0.4, 0.5) is 5.69 Å². The molecule has 0 heterocycles. The summed E-state index contributed by atoms with van der Waals surface area (Å²) in [5.74, 6) is -0.261. The van der Waals surface area contributed by atoms with Crippen LogP contribution in [-0.4, -0.2) is 57.9 Å². The summed E-state index contributed by atoms with van der Waals surface area (Å²) in [6, 6.07) is 23.4. The number of ether oxygens (including phenoxy) is 1. The monoisotopic (exact) mass is 523 g/mol. The third-order valence-corrected chi connectivity index (χ3v) is 7.73. The molecular weight excluding hydrogens is 490 g/mol. The van der Waals surface area contributed by atoms with Gasteiger partial charge < -0.3 is 15.0 Å². The molecule has 3 aromatic rings. The molecule has 3 aromatic carbocycles. The molecule has 0 aliphatic heterocycles. The number of sulfonamides is 1. The van der Waals surface area contributed by atoms with Crippen molar-refractivity contribution in [3.63, 3.8) is 0 Å². The van der Waals surface area contributed by atoms with E-state index in [1.165, 1.54) is 24.1 Å². The molecule has 3 rings (SSSR count). The molecule has 0 unspecified atom stereocenters. The van der Waals surface area contributed by atoms with Gasteiger partial charge in [0.2, 0.25) is 11.8 Å². The molecular formula is C28H33N3O5S. The van der Waals surface area contributed by atoms with Gasteiger partial charge in [0.1, 0.15) is 18.3 Å². The highest BCUT2D eigenvalue weighted by atomic mass is 32.2. The van der Waals surface area contributed by atoms with Crippen molar-refractivity contribution >= 4 is 27.5 Å². The second-order valence-corrected chi connectivity index (χ2v) is 10.2. The van der Waals surface area contributed by atoms with Crippen LogP contribution in [0.15, 0.2) is 89.8 Å². The number of anilines is 1. The summed E-state index contributed by atoms with van der Waals surface area (Å²) in [6.45, 7) is 3.73. The largest absolute Gasteiger partial charge is 0.494 e. The number of nitrogens with zero attached hydrogens (tertiary/aromatic N) is 2. The predicted octanol–water partition coefficient (Wildman–Crippen LogP) is 3.49. The lowest BCUT2D eigenvalue weighted by molar-refractivity contribution is -0.138. The molecule has 1 N–H and O–H groups in total. The summed E-state index contributed by atoms with van der Waals surface area (Å²) in [5, 5.41) is 2.58. The van der Waals surface area contributed by atoms with E-state index >= 15 is 0 Å². The standard InChI is InChI=1S/C28H33N3O5S/c1-4-36-25-15-17-26(18-16-25)37(34,35)31(24-13-9-6-10-14-24)21-27(32)30(22(2)28(33)29-3)20-19-23-11-7-5-8-12-23/h5-18,22H,4,19-21H2,1-3H3,(H,29,33)/t22-/m1/s1. The molecule has 0 aliphatic rings. The number of para-hydroxylation sites is 1. The molecule has 0 saturated heterocycles. The van der Waals surface area contributed by atoms with Crippen LogP contribution in [-0.2, 0) is 26.0 Å². The number of amides is 2. The van der Waals surface area contributed by atoms with Crippen LogP contribution in [0.1, 0.15) is 19.4 Å². The highest BCUT2D eigenvalue weighted by Crippen LogP contribution is 2.25. The van der Waals surface area contributed by atoms with E-state index in [0.29, 0.717) is 24.5 Å². The number of hydrogen-bond acceptors (Lipinski definition) is 5. The van der Waals surface area contributed by atoms with Gasteiger partial charge in [-0.3, -0.25) is 13.9 Å². The quantitative estimate of drug-likeness (QED) is 0.392. The summed E-state index contributed by atoms with van der Waals surface area (Å²) < 4.78 is 34.0. The van der Waals surface area contributed by atoms with Crippen LogP contribution in [0, 0.1) is 0 Å². The Morgan fingerprint density at radius 3 is 2.08 bits per heavy atom. The molecule has 0 aromatic heterocycles. The number of likely N-dealkylation sites (N-methyl/N-ethyl adjacent to an activating group) is 1. The fourth-order valence-electron chi connectivity index (χ4n) is 3.90. The van der Waals surface area contributed by atoms with Crippen molar-refractivity contribution in [1.82, 2.24) is 10.2 Å². The molecule has 1 atom stereocenters. The highest BCUT2D eigenvalue weighted by Gasteiger charge is 2.32. The number of rotatable bonds is 12. The molecule has 0 saturated carbocycles. The van der Waals surface area contributed by atoms with Gasteiger partial charge in [-0.2, -0.15) is 0 Å². The Hall–Kier alpha value is -3.85. The van der Waals surface area contributed by atoms with Gasteiger partial charge in [0.05, 0.1) is 17.2 Å². The second kappa shape index (κ2) is 12.9. The Kier molecular flexibility index (Phi) is 9.68. The topological polar surface area (TPSA) is 96.0 Å². The van der Waals surface area contributed by atoms with Crippen molar-refractivity contribution in [2.45, 2.75) is 31.2 Å². The van der Waals surface area contributed by atoms with Crippen molar-refractivity contribution in [1.29, 1.82) is 0 Å². The molecule has 2 amide bonds. The zero-order valence-corrected chi connectivity index (χ0v) is 22.1. The normalized spacial score (nSPS) is 11.9. The number of hydrogen-bond donors (Lipinski definition) is 1. The molecule has 9 heteroatoms. The Bertz CT molecular complexity index is 1270. The van der Waals surface area contributed by atoms with E-state index < -0.39 is 28.5 Å². The van der Waals surface area contributed by atoms with Crippen LogP contribution in [0.2, 0.25) is 0 Å². The van der Waals surface area contributed by atoms with E-state index in [9.17, 15) is 18.0 Å². The average Bonchev–Trinajstić information content (AvgIpc) is 2.92. The molecule has 0 bridgehead atoms. The number of benzene rings is 3. The lowest BCUT2D eigenvalue weighted by Gasteiger charge is -2.31. The Labute approximate surface area is 218 Å². The van der Waals surface area contributed by atoms with E-state index in [2.05, 4.69) is 5.32 Å². The van der Waals surface area contributed by atoms with Crippen molar-refractivity contribution in [3.8, 4) is 5.75 Å². The summed E-state index contributed by atoms with van der Waals surface area (Å²) in [4.78, 5) is 27.6. The maximum Gasteiger partial charge on any atom is 0.264 e. The van der Waals surface area contributed by atoms with Crippen LogP contribution in [0.3, 0.4) is 0 Å². The maximum absolute atomic E-state index is 13.7. The van der Waals surface area contributed by atoms with Crippen molar-refractivity contribution in [2.24, 2.45) is 0 Å². The van der Waals surface area contributed by atoms with Crippen molar-refractivity contribution < 1.29 is 22.7 Å². The molecule has 37 heavy (non-hydrogen) atoms. The fourth-order valence-corrected chi connectivity index (χ4v) is 5.32. The van der Waals surface area contributed by atoms with E-state index in [1.807, 2.05) is 37.3 Å². The van der Waals surface area contributed by atoms with Crippen LogP contribution >= 0.6 is 0 Å². The zero-order chi connectivity index (χ0) is 26.8. The van der Waals surface area contributed by atoms with Crippen LogP contribution in [0.5, 0.6) is 5.75 Å². The van der Waals surface area contributed by atoms with Gasteiger partial charge in [0.15, 0.2) is 0 Å². The molecule has 196 valence electrons. The maximum atomic E-state index is 13.7. The van der Waals surface area contributed by atoms with Crippen molar-refractivity contribution in [3.05, 3.63) is 90.5 Å². The lowest BCUT2D eigenvalue weighted by atomic mass is 10.1. The first-order chi connectivity index (χ1) is 17.8. The molecule has 0 fully saturated rings. The molecule has 0 radical (unpaired) electrons. The van der Waals surface area contributed by atoms with Gasteiger partial charge in [-0.25, -0.2) is 8.42 Å². The molecule has 0 spiro atoms. The number of carbonyl (C=O) groups excluding carboxylic acids is 2.